The molecule has 3 N–H and O–H groups in total. The standard InChI is InChI=1S/C15H30N4O2/c1-14(2,3)21-13(20)19-15(4,5)10-18-12(16-6)17-9-11-7-8-11/h11H,7-10H2,1-6H3,(H,19,20)(H2,16,17,18). The summed E-state index contributed by atoms with van der Waals surface area (Å²) in [6.07, 6.45) is 2.20. The quantitative estimate of drug-likeness (QED) is 0.535. The maximum Gasteiger partial charge on any atom is 0.408 e. The van der Waals surface area contributed by atoms with Gasteiger partial charge in [0.15, 0.2) is 5.96 Å². The predicted octanol–water partition coefficient (Wildman–Crippen LogP) is 1.86. The van der Waals surface area contributed by atoms with Crippen molar-refractivity contribution in [3.63, 3.8) is 0 Å². The average Bonchev–Trinajstić information content (AvgIpc) is 3.09. The van der Waals surface area contributed by atoms with E-state index in [1.165, 1.54) is 12.8 Å². The molecule has 0 atom stereocenters. The van der Waals surface area contributed by atoms with Crippen LogP contribution in [0.25, 0.3) is 0 Å². The topological polar surface area (TPSA) is 74.8 Å². The van der Waals surface area contributed by atoms with Crippen molar-refractivity contribution in [2.75, 3.05) is 20.1 Å². The van der Waals surface area contributed by atoms with E-state index >= 15 is 0 Å². The Balaban J connectivity index is 2.34. The number of amides is 1. The predicted molar refractivity (Wildman–Crippen MR) is 85.5 cm³/mol. The van der Waals surface area contributed by atoms with Gasteiger partial charge in [0, 0.05) is 20.1 Å². The van der Waals surface area contributed by atoms with Crippen molar-refractivity contribution in [3.8, 4) is 0 Å². The number of aliphatic imine (C=N–C) groups is 1. The number of guanidine groups is 1. The molecule has 0 radical (unpaired) electrons. The first-order valence-corrected chi connectivity index (χ1v) is 7.57. The maximum absolute atomic E-state index is 11.8. The highest BCUT2D eigenvalue weighted by atomic mass is 16.6. The number of alkyl carbamates (subject to hydrolysis) is 1. The Hall–Kier alpha value is -1.46. The summed E-state index contributed by atoms with van der Waals surface area (Å²) in [7, 11) is 1.75. The van der Waals surface area contributed by atoms with Crippen LogP contribution >= 0.6 is 0 Å². The van der Waals surface area contributed by atoms with Crippen LogP contribution in [-0.4, -0.2) is 43.3 Å². The fraction of sp³-hybridized carbons (Fsp3) is 0.867. The largest absolute Gasteiger partial charge is 0.444 e. The second-order valence-corrected chi connectivity index (χ2v) is 7.26. The van der Waals surface area contributed by atoms with Gasteiger partial charge in [-0.2, -0.15) is 0 Å². The maximum atomic E-state index is 11.8. The number of ether oxygens (including phenoxy) is 1. The fourth-order valence-electron chi connectivity index (χ4n) is 1.71. The van der Waals surface area contributed by atoms with Gasteiger partial charge in [-0.1, -0.05) is 0 Å². The minimum Gasteiger partial charge on any atom is -0.444 e. The molecule has 6 nitrogen and oxygen atoms in total. The van der Waals surface area contributed by atoms with Gasteiger partial charge < -0.3 is 20.7 Å². The highest BCUT2D eigenvalue weighted by Crippen LogP contribution is 2.27. The second kappa shape index (κ2) is 7.00. The summed E-state index contributed by atoms with van der Waals surface area (Å²) >= 11 is 0. The van der Waals surface area contributed by atoms with Gasteiger partial charge in [-0.25, -0.2) is 4.79 Å². The summed E-state index contributed by atoms with van der Waals surface area (Å²) in [5.74, 6) is 1.55. The molecule has 6 heteroatoms. The molecule has 0 saturated heterocycles. The Morgan fingerprint density at radius 3 is 2.29 bits per heavy atom. The number of carbonyl (C=O) groups excluding carboxylic acids is 1. The molecule has 122 valence electrons. The van der Waals surface area contributed by atoms with Gasteiger partial charge >= 0.3 is 6.09 Å². The van der Waals surface area contributed by atoms with Gasteiger partial charge in [0.2, 0.25) is 0 Å². The van der Waals surface area contributed by atoms with E-state index in [1.54, 1.807) is 7.05 Å². The van der Waals surface area contributed by atoms with Gasteiger partial charge in [-0.05, 0) is 53.4 Å². The fourth-order valence-corrected chi connectivity index (χ4v) is 1.71. The first-order chi connectivity index (χ1) is 9.61. The Morgan fingerprint density at radius 2 is 1.81 bits per heavy atom. The van der Waals surface area contributed by atoms with Crippen molar-refractivity contribution in [2.45, 2.75) is 58.6 Å². The van der Waals surface area contributed by atoms with Crippen LogP contribution in [0, 0.1) is 5.92 Å². The number of carbonyl (C=O) groups is 1. The van der Waals surface area contributed by atoms with E-state index in [0.717, 1.165) is 18.4 Å². The van der Waals surface area contributed by atoms with E-state index in [2.05, 4.69) is 20.9 Å². The highest BCUT2D eigenvalue weighted by molar-refractivity contribution is 5.79. The Morgan fingerprint density at radius 1 is 1.19 bits per heavy atom. The molecule has 0 aromatic rings. The van der Waals surface area contributed by atoms with Crippen LogP contribution in [0.3, 0.4) is 0 Å². The molecule has 1 fully saturated rings. The zero-order valence-electron chi connectivity index (χ0n) is 14.2. The van der Waals surface area contributed by atoms with Crippen LogP contribution in [0.2, 0.25) is 0 Å². The van der Waals surface area contributed by atoms with E-state index in [4.69, 9.17) is 4.74 Å². The number of hydrogen-bond donors (Lipinski definition) is 3. The van der Waals surface area contributed by atoms with Crippen molar-refractivity contribution >= 4 is 12.1 Å². The van der Waals surface area contributed by atoms with Gasteiger partial charge in [-0.15, -0.1) is 0 Å². The smallest absolute Gasteiger partial charge is 0.408 e. The molecule has 1 aliphatic rings. The molecule has 0 aliphatic heterocycles. The Bertz CT molecular complexity index is 382. The number of nitrogens with zero attached hydrogens (tertiary/aromatic N) is 1. The van der Waals surface area contributed by atoms with E-state index in [1.807, 2.05) is 34.6 Å². The molecule has 1 aliphatic carbocycles. The minimum atomic E-state index is -0.491. The molecular formula is C15H30N4O2. The second-order valence-electron chi connectivity index (χ2n) is 7.26. The van der Waals surface area contributed by atoms with Gasteiger partial charge in [0.25, 0.3) is 0 Å². The third-order valence-electron chi connectivity index (χ3n) is 3.02. The van der Waals surface area contributed by atoms with Crippen molar-refractivity contribution in [1.29, 1.82) is 0 Å². The molecule has 1 saturated carbocycles. The van der Waals surface area contributed by atoms with E-state index in [0.29, 0.717) is 6.54 Å². The van der Waals surface area contributed by atoms with Crippen molar-refractivity contribution in [2.24, 2.45) is 10.9 Å². The molecule has 0 bridgehead atoms. The Labute approximate surface area is 128 Å². The van der Waals surface area contributed by atoms with Crippen LogP contribution < -0.4 is 16.0 Å². The lowest BCUT2D eigenvalue weighted by molar-refractivity contribution is 0.0474. The minimum absolute atomic E-state index is 0.407. The van der Waals surface area contributed by atoms with Crippen LogP contribution in [0.15, 0.2) is 4.99 Å². The summed E-state index contributed by atoms with van der Waals surface area (Å²) in [4.78, 5) is 16.0. The molecule has 0 aromatic heterocycles. The van der Waals surface area contributed by atoms with Gasteiger partial charge in [0.05, 0.1) is 5.54 Å². The number of rotatable bonds is 5. The average molecular weight is 298 g/mol. The summed E-state index contributed by atoms with van der Waals surface area (Å²) < 4.78 is 5.27. The molecule has 1 rings (SSSR count). The third-order valence-corrected chi connectivity index (χ3v) is 3.02. The Kier molecular flexibility index (Phi) is 5.87. The third kappa shape index (κ3) is 8.42. The molecule has 1 amide bonds. The van der Waals surface area contributed by atoms with Crippen molar-refractivity contribution < 1.29 is 9.53 Å². The van der Waals surface area contributed by atoms with Crippen LogP contribution in [0.4, 0.5) is 4.79 Å². The first-order valence-electron chi connectivity index (χ1n) is 7.57. The lowest BCUT2D eigenvalue weighted by Gasteiger charge is -2.29. The summed E-state index contributed by atoms with van der Waals surface area (Å²) in [5, 5.41) is 9.38. The van der Waals surface area contributed by atoms with Crippen LogP contribution in [0.1, 0.15) is 47.5 Å². The summed E-state index contributed by atoms with van der Waals surface area (Å²) in [6, 6.07) is 0. The van der Waals surface area contributed by atoms with Crippen LogP contribution in [-0.2, 0) is 4.74 Å². The molecule has 0 unspecified atom stereocenters. The highest BCUT2D eigenvalue weighted by Gasteiger charge is 2.25. The van der Waals surface area contributed by atoms with Crippen molar-refractivity contribution in [3.05, 3.63) is 0 Å². The van der Waals surface area contributed by atoms with E-state index in [9.17, 15) is 4.79 Å². The zero-order chi connectivity index (χ0) is 16.1. The van der Waals surface area contributed by atoms with Crippen molar-refractivity contribution in [1.82, 2.24) is 16.0 Å². The van der Waals surface area contributed by atoms with E-state index < -0.39 is 17.2 Å². The molecule has 0 aromatic carbocycles. The van der Waals surface area contributed by atoms with Gasteiger partial charge in [0.1, 0.15) is 5.60 Å². The first kappa shape index (κ1) is 17.6. The molecule has 0 spiro atoms. The number of nitrogens with one attached hydrogen (secondary N) is 3. The lowest BCUT2D eigenvalue weighted by atomic mass is 10.1. The molecule has 0 heterocycles. The SMILES string of the molecule is CN=C(NCC1CC1)NCC(C)(C)NC(=O)OC(C)(C)C. The van der Waals surface area contributed by atoms with E-state index in [-0.39, 0.29) is 0 Å². The summed E-state index contributed by atoms with van der Waals surface area (Å²) in [6.45, 7) is 11.0. The molecular weight excluding hydrogens is 268 g/mol. The zero-order valence-corrected chi connectivity index (χ0v) is 14.2. The monoisotopic (exact) mass is 298 g/mol. The number of hydrogen-bond acceptors (Lipinski definition) is 3. The van der Waals surface area contributed by atoms with Gasteiger partial charge in [-0.3, -0.25) is 4.99 Å². The molecule has 21 heavy (non-hydrogen) atoms. The normalized spacial score (nSPS) is 16.4. The summed E-state index contributed by atoms with van der Waals surface area (Å²) in [5.41, 5.74) is -0.922. The van der Waals surface area contributed by atoms with Crippen LogP contribution in [0.5, 0.6) is 0 Å². The lowest BCUT2D eigenvalue weighted by Crippen LogP contribution is -2.54.